The second-order valence-corrected chi connectivity index (χ2v) is 4.97. The van der Waals surface area contributed by atoms with Gasteiger partial charge in [0.2, 0.25) is 0 Å². The lowest BCUT2D eigenvalue weighted by molar-refractivity contribution is 0.0694. The van der Waals surface area contributed by atoms with E-state index >= 15 is 0 Å². The fourth-order valence-corrected chi connectivity index (χ4v) is 2.44. The van der Waals surface area contributed by atoms with Gasteiger partial charge in [0.25, 0.3) is 0 Å². The van der Waals surface area contributed by atoms with Gasteiger partial charge in [-0.05, 0) is 19.1 Å². The Morgan fingerprint density at radius 1 is 1.23 bits per heavy atom. The highest BCUT2D eigenvalue weighted by Crippen LogP contribution is 2.25. The Balaban J connectivity index is 2.11. The summed E-state index contributed by atoms with van der Waals surface area (Å²) in [5, 5.41) is 9.49. The monoisotopic (exact) mass is 300 g/mol. The molecule has 3 heterocycles. The molecule has 22 heavy (non-hydrogen) atoms. The third-order valence-corrected chi connectivity index (χ3v) is 3.53. The molecule has 2 aromatic heterocycles. The SMILES string of the molecule is Cc1nc(-c2ccncc2)nc(N2CCOCC2)c1C(=O)O. The van der Waals surface area contributed by atoms with Gasteiger partial charge < -0.3 is 14.7 Å². The summed E-state index contributed by atoms with van der Waals surface area (Å²) in [4.78, 5) is 26.3. The van der Waals surface area contributed by atoms with Gasteiger partial charge in [-0.3, -0.25) is 4.98 Å². The number of aromatic nitrogens is 3. The zero-order chi connectivity index (χ0) is 15.5. The molecule has 7 nitrogen and oxygen atoms in total. The van der Waals surface area contributed by atoms with Crippen LogP contribution in [0.15, 0.2) is 24.5 Å². The van der Waals surface area contributed by atoms with Crippen LogP contribution in [0.1, 0.15) is 16.1 Å². The summed E-state index contributed by atoms with van der Waals surface area (Å²) < 4.78 is 5.33. The molecule has 1 saturated heterocycles. The van der Waals surface area contributed by atoms with Crippen molar-refractivity contribution >= 4 is 11.8 Å². The Morgan fingerprint density at radius 3 is 2.55 bits per heavy atom. The molecule has 1 aliphatic heterocycles. The second-order valence-electron chi connectivity index (χ2n) is 4.97. The van der Waals surface area contributed by atoms with Crippen molar-refractivity contribution in [1.29, 1.82) is 0 Å². The highest BCUT2D eigenvalue weighted by atomic mass is 16.5. The Kier molecular flexibility index (Phi) is 3.97. The van der Waals surface area contributed by atoms with Crippen LogP contribution >= 0.6 is 0 Å². The van der Waals surface area contributed by atoms with E-state index in [-0.39, 0.29) is 5.56 Å². The normalized spacial score (nSPS) is 14.9. The van der Waals surface area contributed by atoms with E-state index in [4.69, 9.17) is 4.74 Å². The predicted molar refractivity (Wildman–Crippen MR) is 80.0 cm³/mol. The molecular formula is C15H16N4O3. The number of carboxylic acids is 1. The minimum absolute atomic E-state index is 0.153. The summed E-state index contributed by atoms with van der Waals surface area (Å²) in [6.45, 7) is 4.05. The number of nitrogens with zero attached hydrogens (tertiary/aromatic N) is 4. The number of pyridine rings is 1. The van der Waals surface area contributed by atoms with Crippen LogP contribution in [0.4, 0.5) is 5.82 Å². The zero-order valence-electron chi connectivity index (χ0n) is 12.2. The van der Waals surface area contributed by atoms with Crippen LogP contribution in [0.25, 0.3) is 11.4 Å². The van der Waals surface area contributed by atoms with Crippen LogP contribution in [0.5, 0.6) is 0 Å². The number of hydrogen-bond donors (Lipinski definition) is 1. The van der Waals surface area contributed by atoms with Crippen LogP contribution in [0.2, 0.25) is 0 Å². The van der Waals surface area contributed by atoms with Crippen LogP contribution < -0.4 is 4.90 Å². The molecule has 2 aromatic rings. The smallest absolute Gasteiger partial charge is 0.341 e. The first-order valence-electron chi connectivity index (χ1n) is 7.02. The summed E-state index contributed by atoms with van der Waals surface area (Å²) in [5.74, 6) is -0.0539. The maximum atomic E-state index is 11.6. The molecule has 0 spiro atoms. The molecule has 0 unspecified atom stereocenters. The van der Waals surface area contributed by atoms with Gasteiger partial charge in [0.1, 0.15) is 11.4 Å². The highest BCUT2D eigenvalue weighted by molar-refractivity contribution is 5.95. The lowest BCUT2D eigenvalue weighted by Gasteiger charge is -2.29. The molecule has 0 aliphatic carbocycles. The summed E-state index contributed by atoms with van der Waals surface area (Å²) in [6.07, 6.45) is 3.32. The van der Waals surface area contributed by atoms with Gasteiger partial charge in [0, 0.05) is 31.0 Å². The molecule has 3 rings (SSSR count). The highest BCUT2D eigenvalue weighted by Gasteiger charge is 2.24. The molecule has 0 bridgehead atoms. The van der Waals surface area contributed by atoms with Crippen molar-refractivity contribution in [3.63, 3.8) is 0 Å². The molecule has 1 aliphatic rings. The molecule has 7 heteroatoms. The molecule has 1 N–H and O–H groups in total. The van der Waals surface area contributed by atoms with E-state index < -0.39 is 5.97 Å². The van der Waals surface area contributed by atoms with E-state index in [1.54, 1.807) is 31.5 Å². The van der Waals surface area contributed by atoms with Gasteiger partial charge in [-0.1, -0.05) is 0 Å². The Labute approximate surface area is 127 Å². The van der Waals surface area contributed by atoms with Crippen molar-refractivity contribution in [2.45, 2.75) is 6.92 Å². The van der Waals surface area contributed by atoms with Crippen LogP contribution in [0.3, 0.4) is 0 Å². The van der Waals surface area contributed by atoms with E-state index in [1.807, 2.05) is 4.90 Å². The Morgan fingerprint density at radius 2 is 1.91 bits per heavy atom. The van der Waals surface area contributed by atoms with E-state index in [2.05, 4.69) is 15.0 Å². The van der Waals surface area contributed by atoms with E-state index in [1.165, 1.54) is 0 Å². The van der Waals surface area contributed by atoms with Gasteiger partial charge in [-0.25, -0.2) is 14.8 Å². The number of carbonyl (C=O) groups is 1. The fourth-order valence-electron chi connectivity index (χ4n) is 2.44. The van der Waals surface area contributed by atoms with Crippen molar-refractivity contribution in [2.24, 2.45) is 0 Å². The molecule has 0 amide bonds. The van der Waals surface area contributed by atoms with Crippen molar-refractivity contribution in [2.75, 3.05) is 31.2 Å². The van der Waals surface area contributed by atoms with Gasteiger partial charge in [0.05, 0.1) is 18.9 Å². The Hall–Kier alpha value is -2.54. The quantitative estimate of drug-likeness (QED) is 0.916. The first kappa shape index (κ1) is 14.4. The van der Waals surface area contributed by atoms with Gasteiger partial charge >= 0.3 is 5.97 Å². The fraction of sp³-hybridized carbons (Fsp3) is 0.333. The van der Waals surface area contributed by atoms with Crippen LogP contribution in [-0.4, -0.2) is 52.3 Å². The number of anilines is 1. The minimum atomic E-state index is -1.01. The molecular weight excluding hydrogens is 284 g/mol. The van der Waals surface area contributed by atoms with Gasteiger partial charge in [-0.2, -0.15) is 0 Å². The number of rotatable bonds is 3. The van der Waals surface area contributed by atoms with E-state index in [0.717, 1.165) is 5.56 Å². The minimum Gasteiger partial charge on any atom is -0.477 e. The maximum Gasteiger partial charge on any atom is 0.341 e. The molecule has 114 valence electrons. The average molecular weight is 300 g/mol. The van der Waals surface area contributed by atoms with Crippen LogP contribution in [-0.2, 0) is 4.74 Å². The third-order valence-electron chi connectivity index (χ3n) is 3.53. The van der Waals surface area contributed by atoms with E-state index in [0.29, 0.717) is 43.6 Å². The number of aromatic carboxylic acids is 1. The lowest BCUT2D eigenvalue weighted by Crippen LogP contribution is -2.38. The molecule has 0 atom stereocenters. The topological polar surface area (TPSA) is 88.4 Å². The molecule has 0 radical (unpaired) electrons. The average Bonchev–Trinajstić information content (AvgIpc) is 2.55. The first-order chi connectivity index (χ1) is 10.7. The zero-order valence-corrected chi connectivity index (χ0v) is 12.2. The van der Waals surface area contributed by atoms with Crippen molar-refractivity contribution < 1.29 is 14.6 Å². The van der Waals surface area contributed by atoms with Gasteiger partial charge in [-0.15, -0.1) is 0 Å². The number of aryl methyl sites for hydroxylation is 1. The first-order valence-corrected chi connectivity index (χ1v) is 7.02. The number of ether oxygens (including phenoxy) is 1. The predicted octanol–water partition coefficient (Wildman–Crippen LogP) is 1.38. The number of hydrogen-bond acceptors (Lipinski definition) is 6. The number of morpholine rings is 1. The van der Waals surface area contributed by atoms with Crippen molar-refractivity contribution in [1.82, 2.24) is 15.0 Å². The second kappa shape index (κ2) is 6.07. The van der Waals surface area contributed by atoms with Crippen molar-refractivity contribution in [3.8, 4) is 11.4 Å². The van der Waals surface area contributed by atoms with Crippen molar-refractivity contribution in [3.05, 3.63) is 35.8 Å². The van der Waals surface area contributed by atoms with E-state index in [9.17, 15) is 9.90 Å². The van der Waals surface area contributed by atoms with Crippen LogP contribution in [0, 0.1) is 6.92 Å². The maximum absolute atomic E-state index is 11.6. The Bertz CT molecular complexity index is 685. The standard InChI is InChI=1S/C15H16N4O3/c1-10-12(15(20)21)14(19-6-8-22-9-7-19)18-13(17-10)11-2-4-16-5-3-11/h2-5H,6-9H2,1H3,(H,20,21). The summed E-state index contributed by atoms with van der Waals surface area (Å²) in [7, 11) is 0. The van der Waals surface area contributed by atoms with Gasteiger partial charge in [0.15, 0.2) is 5.82 Å². The molecule has 1 fully saturated rings. The summed E-state index contributed by atoms with van der Waals surface area (Å²) >= 11 is 0. The summed E-state index contributed by atoms with van der Waals surface area (Å²) in [5.41, 5.74) is 1.42. The third kappa shape index (κ3) is 2.75. The lowest BCUT2D eigenvalue weighted by atomic mass is 10.1. The molecule has 0 aromatic carbocycles. The summed E-state index contributed by atoms with van der Waals surface area (Å²) in [6, 6.07) is 3.61. The largest absolute Gasteiger partial charge is 0.477 e. The molecule has 0 saturated carbocycles. The number of carboxylic acid groups (broad SMARTS) is 1.